The van der Waals surface area contributed by atoms with E-state index in [0.29, 0.717) is 28.2 Å². The second-order valence-electron chi connectivity index (χ2n) is 8.69. The predicted octanol–water partition coefficient (Wildman–Crippen LogP) is 5.62. The van der Waals surface area contributed by atoms with Crippen molar-refractivity contribution in [3.05, 3.63) is 113 Å². The van der Waals surface area contributed by atoms with Crippen molar-refractivity contribution in [1.29, 1.82) is 0 Å². The van der Waals surface area contributed by atoms with Crippen molar-refractivity contribution in [3.8, 4) is 11.5 Å². The molecule has 1 unspecified atom stereocenters. The quantitative estimate of drug-likeness (QED) is 0.213. The first-order valence-corrected chi connectivity index (χ1v) is 11.7. The molecule has 1 fully saturated rings. The minimum atomic E-state index is -0.871. The number of halogens is 1. The van der Waals surface area contributed by atoms with Crippen molar-refractivity contribution < 1.29 is 28.6 Å². The maximum Gasteiger partial charge on any atom is 0.295 e. The molecule has 1 aliphatic rings. The zero-order valence-corrected chi connectivity index (χ0v) is 20.3. The van der Waals surface area contributed by atoms with Crippen molar-refractivity contribution in [1.82, 2.24) is 4.90 Å². The number of rotatable bonds is 6. The molecule has 5 rings (SSSR count). The molecule has 1 amide bonds. The molecule has 0 radical (unpaired) electrons. The summed E-state index contributed by atoms with van der Waals surface area (Å²) in [5.41, 5.74) is 1.62. The zero-order valence-electron chi connectivity index (χ0n) is 20.3. The molecule has 1 N–H and O–H groups in total. The number of methoxy groups -OCH3 is 2. The van der Waals surface area contributed by atoms with Crippen LogP contribution in [0, 0.1) is 5.82 Å². The Balaban J connectivity index is 1.72. The first-order valence-electron chi connectivity index (χ1n) is 11.7. The normalized spacial score (nSPS) is 16.8. The molecule has 0 aromatic heterocycles. The Labute approximate surface area is 213 Å². The van der Waals surface area contributed by atoms with E-state index < -0.39 is 23.5 Å². The van der Waals surface area contributed by atoms with Crippen LogP contribution in [0.1, 0.15) is 22.7 Å². The SMILES string of the molecule is COc1ccc(/C(O)=C2/C(=O)C(=O)N(Cc3ccc(F)cc3)C2c2cccc3ccccc23)cc1OC. The Bertz CT molecular complexity index is 1540. The van der Waals surface area contributed by atoms with Crippen LogP contribution in [0.3, 0.4) is 0 Å². The number of likely N-dealkylation sites (tertiary alicyclic amines) is 1. The fourth-order valence-corrected chi connectivity index (χ4v) is 4.78. The summed E-state index contributed by atoms with van der Waals surface area (Å²) >= 11 is 0. The van der Waals surface area contributed by atoms with E-state index in [1.807, 2.05) is 42.5 Å². The van der Waals surface area contributed by atoms with Crippen molar-refractivity contribution in [2.24, 2.45) is 0 Å². The second kappa shape index (κ2) is 9.78. The number of nitrogens with zero attached hydrogens (tertiary/aromatic N) is 1. The van der Waals surface area contributed by atoms with Crippen molar-refractivity contribution in [2.45, 2.75) is 12.6 Å². The maximum absolute atomic E-state index is 13.5. The third-order valence-corrected chi connectivity index (χ3v) is 6.58. The highest BCUT2D eigenvalue weighted by Gasteiger charge is 2.46. The van der Waals surface area contributed by atoms with Gasteiger partial charge in [-0.25, -0.2) is 4.39 Å². The van der Waals surface area contributed by atoms with Crippen LogP contribution in [-0.4, -0.2) is 35.9 Å². The minimum absolute atomic E-state index is 0.0318. The summed E-state index contributed by atoms with van der Waals surface area (Å²) in [6.45, 7) is 0.0570. The van der Waals surface area contributed by atoms with Gasteiger partial charge in [0.2, 0.25) is 0 Å². The molecule has 0 saturated carbocycles. The molecule has 1 saturated heterocycles. The van der Waals surface area contributed by atoms with Gasteiger partial charge in [-0.2, -0.15) is 0 Å². The topological polar surface area (TPSA) is 76.1 Å². The zero-order chi connectivity index (χ0) is 26.1. The van der Waals surface area contributed by atoms with E-state index in [2.05, 4.69) is 0 Å². The van der Waals surface area contributed by atoms with Gasteiger partial charge in [0.05, 0.1) is 25.8 Å². The highest BCUT2D eigenvalue weighted by Crippen LogP contribution is 2.43. The van der Waals surface area contributed by atoms with Gasteiger partial charge in [-0.05, 0) is 52.2 Å². The van der Waals surface area contributed by atoms with Crippen molar-refractivity contribution in [2.75, 3.05) is 14.2 Å². The molecule has 0 bridgehead atoms. The number of Topliss-reactive ketones (excluding diaryl/α,β-unsaturated/α-hetero) is 1. The van der Waals surface area contributed by atoms with Gasteiger partial charge in [-0.3, -0.25) is 9.59 Å². The summed E-state index contributed by atoms with van der Waals surface area (Å²) in [6.07, 6.45) is 0. The largest absolute Gasteiger partial charge is 0.507 e. The summed E-state index contributed by atoms with van der Waals surface area (Å²) in [7, 11) is 2.97. The number of aliphatic hydroxyl groups excluding tert-OH is 1. The average molecular weight is 498 g/mol. The molecule has 6 nitrogen and oxygen atoms in total. The van der Waals surface area contributed by atoms with Crippen LogP contribution in [-0.2, 0) is 16.1 Å². The van der Waals surface area contributed by atoms with Gasteiger partial charge in [0.1, 0.15) is 11.6 Å². The Hall–Kier alpha value is -4.65. The Morgan fingerprint density at radius 1 is 0.892 bits per heavy atom. The number of fused-ring (bicyclic) bond motifs is 1. The number of aliphatic hydroxyl groups is 1. The molecule has 1 aliphatic heterocycles. The number of amides is 1. The van der Waals surface area contributed by atoms with Crippen LogP contribution in [0.25, 0.3) is 16.5 Å². The van der Waals surface area contributed by atoms with Crippen LogP contribution in [0.15, 0.2) is 90.5 Å². The number of ether oxygens (including phenoxy) is 2. The lowest BCUT2D eigenvalue weighted by atomic mass is 9.91. The Kier molecular flexibility index (Phi) is 6.36. The summed E-state index contributed by atoms with van der Waals surface area (Å²) in [6, 6.07) is 23.0. The fourth-order valence-electron chi connectivity index (χ4n) is 4.78. The van der Waals surface area contributed by atoms with Gasteiger partial charge in [0, 0.05) is 12.1 Å². The predicted molar refractivity (Wildman–Crippen MR) is 138 cm³/mol. The number of carbonyl (C=O) groups is 2. The monoisotopic (exact) mass is 497 g/mol. The first-order chi connectivity index (χ1) is 17.9. The highest BCUT2D eigenvalue weighted by atomic mass is 19.1. The van der Waals surface area contributed by atoms with E-state index >= 15 is 0 Å². The van der Waals surface area contributed by atoms with Crippen LogP contribution in [0.4, 0.5) is 4.39 Å². The van der Waals surface area contributed by atoms with Gasteiger partial charge < -0.3 is 19.5 Å². The summed E-state index contributed by atoms with van der Waals surface area (Å²) in [4.78, 5) is 28.2. The number of hydrogen-bond acceptors (Lipinski definition) is 5. The molecule has 0 spiro atoms. The Morgan fingerprint density at radius 3 is 2.32 bits per heavy atom. The van der Waals surface area contributed by atoms with Crippen LogP contribution in [0.5, 0.6) is 11.5 Å². The van der Waals surface area contributed by atoms with Crippen LogP contribution in [0.2, 0.25) is 0 Å². The number of carbonyl (C=O) groups excluding carboxylic acids is 2. The van der Waals surface area contributed by atoms with Crippen molar-refractivity contribution in [3.63, 3.8) is 0 Å². The van der Waals surface area contributed by atoms with E-state index in [1.165, 1.54) is 31.3 Å². The van der Waals surface area contributed by atoms with E-state index in [1.54, 1.807) is 30.3 Å². The lowest BCUT2D eigenvalue weighted by Crippen LogP contribution is -2.29. The molecule has 7 heteroatoms. The molecule has 37 heavy (non-hydrogen) atoms. The summed E-state index contributed by atoms with van der Waals surface area (Å²) < 4.78 is 24.2. The number of benzene rings is 4. The molecule has 4 aromatic rings. The number of hydrogen-bond donors (Lipinski definition) is 1. The second-order valence-corrected chi connectivity index (χ2v) is 8.69. The molecule has 0 aliphatic carbocycles. The highest BCUT2D eigenvalue weighted by molar-refractivity contribution is 6.46. The molecule has 1 atom stereocenters. The standard InChI is InChI=1S/C30H24FNO5/c1-36-24-15-12-20(16-25(24)37-2)28(33)26-27(23-9-5-7-19-6-3-4-8-22(19)23)32(30(35)29(26)34)17-18-10-13-21(31)14-11-18/h3-16,27,33H,17H2,1-2H3/b28-26-. The van der Waals surface area contributed by atoms with Gasteiger partial charge in [-0.1, -0.05) is 54.6 Å². The molecule has 186 valence electrons. The molecule has 4 aromatic carbocycles. The molecular formula is C30H24FNO5. The maximum atomic E-state index is 13.5. The summed E-state index contributed by atoms with van der Waals surface area (Å²) in [5, 5.41) is 13.2. The van der Waals surface area contributed by atoms with Gasteiger partial charge in [0.25, 0.3) is 11.7 Å². The third-order valence-electron chi connectivity index (χ3n) is 6.58. The van der Waals surface area contributed by atoms with E-state index in [-0.39, 0.29) is 17.9 Å². The first kappa shape index (κ1) is 24.1. The number of ketones is 1. The minimum Gasteiger partial charge on any atom is -0.507 e. The summed E-state index contributed by atoms with van der Waals surface area (Å²) in [5.74, 6) is -1.43. The fraction of sp³-hybridized carbons (Fsp3) is 0.133. The third kappa shape index (κ3) is 4.29. The van der Waals surface area contributed by atoms with E-state index in [9.17, 15) is 19.1 Å². The van der Waals surface area contributed by atoms with E-state index in [0.717, 1.165) is 10.8 Å². The van der Waals surface area contributed by atoms with Crippen LogP contribution >= 0.6 is 0 Å². The molecule has 1 heterocycles. The van der Waals surface area contributed by atoms with Gasteiger partial charge >= 0.3 is 0 Å². The van der Waals surface area contributed by atoms with Crippen LogP contribution < -0.4 is 9.47 Å². The molecular weight excluding hydrogens is 473 g/mol. The Morgan fingerprint density at radius 2 is 1.59 bits per heavy atom. The smallest absolute Gasteiger partial charge is 0.295 e. The lowest BCUT2D eigenvalue weighted by molar-refractivity contribution is -0.140. The lowest BCUT2D eigenvalue weighted by Gasteiger charge is -2.26. The van der Waals surface area contributed by atoms with E-state index in [4.69, 9.17) is 9.47 Å². The van der Waals surface area contributed by atoms with Crippen molar-refractivity contribution >= 4 is 28.2 Å². The average Bonchev–Trinajstić information content (AvgIpc) is 3.17. The van der Waals surface area contributed by atoms with Gasteiger partial charge in [0.15, 0.2) is 11.5 Å². The van der Waals surface area contributed by atoms with Gasteiger partial charge in [-0.15, -0.1) is 0 Å².